The van der Waals surface area contributed by atoms with Crippen LogP contribution >= 0.6 is 11.6 Å². The lowest BCUT2D eigenvalue weighted by Crippen LogP contribution is -2.53. The van der Waals surface area contributed by atoms with Gasteiger partial charge in [0.2, 0.25) is 0 Å². The summed E-state index contributed by atoms with van der Waals surface area (Å²) in [5, 5.41) is 31.2. The van der Waals surface area contributed by atoms with E-state index >= 15 is 0 Å². The molecular weight excluding hydrogens is 338 g/mol. The zero-order valence-corrected chi connectivity index (χ0v) is 13.5. The number of nitrogens with zero attached hydrogens (tertiary/aromatic N) is 4. The van der Waals surface area contributed by atoms with Crippen molar-refractivity contribution in [3.8, 4) is 11.8 Å². The number of hydrogen-bond acceptors (Lipinski definition) is 8. The molecule has 0 saturated carbocycles. The van der Waals surface area contributed by atoms with Crippen LogP contribution < -0.4 is 5.73 Å². The molecule has 2 aromatic rings. The minimum atomic E-state index is -2.03. The molecule has 24 heavy (non-hydrogen) atoms. The standard InChI is InChI=1S/C14H16ClN5O4/c1-2-3-14(23)11(22)13(4-15,5-21)24-12(14)20-7-19-8-9(16)17-6-18-10(8)20/h6-7,11-12,21-23H,4-5H2,1H3,(H2,16,17,18)/t11-,12-,13-,14-/m1/s1. The fourth-order valence-corrected chi connectivity index (χ4v) is 3.12. The Morgan fingerprint density at radius 1 is 1.46 bits per heavy atom. The predicted octanol–water partition coefficient (Wildman–Crippen LogP) is -0.978. The van der Waals surface area contributed by atoms with Crippen LogP contribution in [0.5, 0.6) is 0 Å². The molecule has 0 aliphatic carbocycles. The molecule has 3 heterocycles. The van der Waals surface area contributed by atoms with Crippen molar-refractivity contribution >= 4 is 28.6 Å². The quantitative estimate of drug-likeness (QED) is 0.408. The number of halogens is 1. The van der Waals surface area contributed by atoms with Crippen molar-refractivity contribution in [2.24, 2.45) is 0 Å². The monoisotopic (exact) mass is 353 g/mol. The van der Waals surface area contributed by atoms with Crippen LogP contribution in [-0.2, 0) is 4.74 Å². The van der Waals surface area contributed by atoms with E-state index in [1.165, 1.54) is 24.1 Å². The van der Waals surface area contributed by atoms with Gasteiger partial charge in [0.1, 0.15) is 23.5 Å². The number of aliphatic hydroxyl groups is 3. The van der Waals surface area contributed by atoms with Gasteiger partial charge >= 0.3 is 0 Å². The molecule has 4 atom stereocenters. The maximum Gasteiger partial charge on any atom is 0.199 e. The number of aromatic nitrogens is 4. The van der Waals surface area contributed by atoms with E-state index in [1.807, 2.05) is 0 Å². The van der Waals surface area contributed by atoms with E-state index in [1.54, 1.807) is 0 Å². The van der Waals surface area contributed by atoms with Crippen molar-refractivity contribution in [2.75, 3.05) is 18.2 Å². The van der Waals surface area contributed by atoms with Crippen LogP contribution in [0.1, 0.15) is 13.2 Å². The molecule has 3 rings (SSSR count). The smallest absolute Gasteiger partial charge is 0.199 e. The summed E-state index contributed by atoms with van der Waals surface area (Å²) >= 11 is 5.88. The van der Waals surface area contributed by atoms with Crippen molar-refractivity contribution in [1.29, 1.82) is 0 Å². The first-order chi connectivity index (χ1) is 11.4. The zero-order chi connectivity index (χ0) is 17.5. The van der Waals surface area contributed by atoms with Crippen molar-refractivity contribution in [1.82, 2.24) is 19.5 Å². The Kier molecular flexibility index (Phi) is 4.11. The Labute approximate surface area is 142 Å². The van der Waals surface area contributed by atoms with Crippen molar-refractivity contribution < 1.29 is 20.1 Å². The lowest BCUT2D eigenvalue weighted by atomic mass is 9.87. The van der Waals surface area contributed by atoms with Crippen LogP contribution in [0, 0.1) is 11.8 Å². The molecule has 0 aromatic carbocycles. The SMILES string of the molecule is CC#C[C@@]1(O)[C@H](O)[C@](CO)(CCl)O[C@H]1n1cnc2c(N)ncnc21. The number of ether oxygens (including phenoxy) is 1. The van der Waals surface area contributed by atoms with Gasteiger partial charge in [-0.25, -0.2) is 15.0 Å². The van der Waals surface area contributed by atoms with E-state index in [0.29, 0.717) is 11.2 Å². The van der Waals surface area contributed by atoms with E-state index in [0.717, 1.165) is 0 Å². The number of nitrogens with two attached hydrogens (primary N) is 1. The van der Waals surface area contributed by atoms with E-state index in [4.69, 9.17) is 22.1 Å². The molecule has 0 radical (unpaired) electrons. The lowest BCUT2D eigenvalue weighted by Gasteiger charge is -2.29. The maximum absolute atomic E-state index is 11.0. The van der Waals surface area contributed by atoms with Gasteiger partial charge in [0.15, 0.2) is 23.3 Å². The Balaban J connectivity index is 2.20. The Morgan fingerprint density at radius 2 is 2.21 bits per heavy atom. The predicted molar refractivity (Wildman–Crippen MR) is 84.8 cm³/mol. The summed E-state index contributed by atoms with van der Waals surface area (Å²) in [4.78, 5) is 12.0. The van der Waals surface area contributed by atoms with E-state index in [9.17, 15) is 15.3 Å². The fourth-order valence-electron chi connectivity index (χ4n) is 2.82. The minimum absolute atomic E-state index is 0.160. The average Bonchev–Trinajstić information content (AvgIpc) is 3.09. The molecule has 1 saturated heterocycles. The second kappa shape index (κ2) is 5.84. The highest BCUT2D eigenvalue weighted by Crippen LogP contribution is 2.45. The first-order valence-corrected chi connectivity index (χ1v) is 7.59. The number of anilines is 1. The van der Waals surface area contributed by atoms with Gasteiger partial charge in [0.25, 0.3) is 0 Å². The number of imidazole rings is 1. The van der Waals surface area contributed by atoms with Gasteiger partial charge in [0.05, 0.1) is 18.8 Å². The normalized spacial score (nSPS) is 32.7. The second-order valence-electron chi connectivity index (χ2n) is 5.51. The van der Waals surface area contributed by atoms with Gasteiger partial charge in [-0.1, -0.05) is 5.92 Å². The molecule has 0 unspecified atom stereocenters. The van der Waals surface area contributed by atoms with Gasteiger partial charge < -0.3 is 25.8 Å². The number of alkyl halides is 1. The van der Waals surface area contributed by atoms with Gasteiger partial charge in [-0.05, 0) is 6.92 Å². The summed E-state index contributed by atoms with van der Waals surface area (Å²) in [5.74, 6) is 5.02. The third kappa shape index (κ3) is 2.16. The number of fused-ring (bicyclic) bond motifs is 1. The molecule has 0 spiro atoms. The van der Waals surface area contributed by atoms with Crippen LogP contribution in [0.15, 0.2) is 12.7 Å². The first kappa shape index (κ1) is 16.9. The molecule has 9 nitrogen and oxygen atoms in total. The summed E-state index contributed by atoms with van der Waals surface area (Å²) in [7, 11) is 0. The second-order valence-corrected chi connectivity index (χ2v) is 5.78. The molecule has 0 bridgehead atoms. The van der Waals surface area contributed by atoms with E-state index in [2.05, 4.69) is 26.8 Å². The third-order valence-corrected chi connectivity index (χ3v) is 4.55. The number of rotatable bonds is 3. The Hall–Kier alpha value is -1.96. The lowest BCUT2D eigenvalue weighted by molar-refractivity contribution is -0.115. The Bertz CT molecular complexity index is 827. The molecule has 1 aliphatic rings. The van der Waals surface area contributed by atoms with Crippen LogP contribution in [0.4, 0.5) is 5.82 Å². The molecule has 2 aromatic heterocycles. The highest BCUT2D eigenvalue weighted by molar-refractivity contribution is 6.18. The molecule has 128 valence electrons. The van der Waals surface area contributed by atoms with Gasteiger partial charge in [-0.2, -0.15) is 0 Å². The zero-order valence-electron chi connectivity index (χ0n) is 12.7. The van der Waals surface area contributed by atoms with Crippen LogP contribution in [0.2, 0.25) is 0 Å². The highest BCUT2D eigenvalue weighted by atomic mass is 35.5. The molecule has 1 aliphatic heterocycles. The van der Waals surface area contributed by atoms with Crippen LogP contribution in [0.3, 0.4) is 0 Å². The van der Waals surface area contributed by atoms with Crippen molar-refractivity contribution in [2.45, 2.75) is 30.5 Å². The van der Waals surface area contributed by atoms with Crippen LogP contribution in [-0.4, -0.2) is 64.6 Å². The number of hydrogen-bond donors (Lipinski definition) is 4. The molecular formula is C14H16ClN5O4. The number of aliphatic hydroxyl groups excluding tert-OH is 2. The van der Waals surface area contributed by atoms with E-state index < -0.39 is 30.1 Å². The van der Waals surface area contributed by atoms with Gasteiger partial charge in [-0.3, -0.25) is 4.57 Å². The van der Waals surface area contributed by atoms with Crippen LogP contribution in [0.25, 0.3) is 11.2 Å². The summed E-state index contributed by atoms with van der Waals surface area (Å²) < 4.78 is 7.14. The molecule has 1 fully saturated rings. The largest absolute Gasteiger partial charge is 0.393 e. The summed E-state index contributed by atoms with van der Waals surface area (Å²) in [6.45, 7) is 0.902. The summed E-state index contributed by atoms with van der Waals surface area (Å²) in [6, 6.07) is 0. The molecule has 10 heteroatoms. The maximum atomic E-state index is 11.0. The van der Waals surface area contributed by atoms with Gasteiger partial charge in [0, 0.05) is 0 Å². The van der Waals surface area contributed by atoms with E-state index in [-0.39, 0.29) is 11.7 Å². The molecule has 5 N–H and O–H groups in total. The average molecular weight is 354 g/mol. The van der Waals surface area contributed by atoms with Gasteiger partial charge in [-0.15, -0.1) is 17.5 Å². The summed E-state index contributed by atoms with van der Waals surface area (Å²) in [5.41, 5.74) is 2.75. The molecule has 0 amide bonds. The Morgan fingerprint density at radius 3 is 2.83 bits per heavy atom. The third-order valence-electron chi connectivity index (χ3n) is 4.10. The van der Waals surface area contributed by atoms with Crippen molar-refractivity contribution in [3.05, 3.63) is 12.7 Å². The first-order valence-electron chi connectivity index (χ1n) is 7.05. The number of nitrogen functional groups attached to an aromatic ring is 1. The topological polar surface area (TPSA) is 140 Å². The summed E-state index contributed by atoms with van der Waals surface area (Å²) in [6.07, 6.45) is -0.171. The minimum Gasteiger partial charge on any atom is -0.393 e. The van der Waals surface area contributed by atoms with Crippen molar-refractivity contribution in [3.63, 3.8) is 0 Å². The fraction of sp³-hybridized carbons (Fsp3) is 0.500. The highest BCUT2D eigenvalue weighted by Gasteiger charge is 2.63.